The zero-order valence-electron chi connectivity index (χ0n) is 10.1. The summed E-state index contributed by atoms with van der Waals surface area (Å²) in [5.74, 6) is 0.296. The molecule has 0 aliphatic heterocycles. The van der Waals surface area contributed by atoms with Gasteiger partial charge in [-0.3, -0.25) is 10.1 Å². The second-order valence-corrected chi connectivity index (χ2v) is 3.67. The van der Waals surface area contributed by atoms with Crippen molar-refractivity contribution in [1.82, 2.24) is 0 Å². The average molecular weight is 332 g/mol. The first-order valence-electron chi connectivity index (χ1n) is 5.29. The second-order valence-electron chi connectivity index (χ2n) is 3.67. The fourth-order valence-electron chi connectivity index (χ4n) is 1.44. The molecule has 0 unspecified atom stereocenters. The Kier molecular flexibility index (Phi) is 5.92. The Morgan fingerprint density at radius 2 is 2.00 bits per heavy atom. The summed E-state index contributed by atoms with van der Waals surface area (Å²) < 4.78 is 5.46. The maximum Gasteiger partial charge on any atom is 0.166 e. The molecule has 6 heteroatoms. The summed E-state index contributed by atoms with van der Waals surface area (Å²) in [5, 5.41) is 10.6. The van der Waals surface area contributed by atoms with Crippen LogP contribution in [0.25, 0.3) is 0 Å². The van der Waals surface area contributed by atoms with Gasteiger partial charge in [0.2, 0.25) is 0 Å². The van der Waals surface area contributed by atoms with Gasteiger partial charge in [0.05, 0.1) is 0 Å². The molecule has 0 aromatic heterocycles. The third-order valence-corrected chi connectivity index (χ3v) is 2.36. The van der Waals surface area contributed by atoms with E-state index in [4.69, 9.17) is 10.5 Å². The van der Waals surface area contributed by atoms with Gasteiger partial charge in [0.25, 0.3) is 0 Å². The van der Waals surface area contributed by atoms with Gasteiger partial charge in [0.1, 0.15) is 6.61 Å². The van der Waals surface area contributed by atoms with Crippen LogP contribution in [0.1, 0.15) is 5.56 Å². The second kappa shape index (κ2) is 7.21. The number of non-ortho nitro benzene ring substituents is 1. The molecule has 0 fully saturated rings. The van der Waals surface area contributed by atoms with Crippen molar-refractivity contribution in [3.63, 3.8) is 0 Å². The molecule has 2 aromatic carbocycles. The Balaban J connectivity index is 0.00000180. The van der Waals surface area contributed by atoms with Gasteiger partial charge in [0, 0.05) is 43.4 Å². The van der Waals surface area contributed by atoms with E-state index in [1.165, 1.54) is 12.1 Å². The van der Waals surface area contributed by atoms with Crippen molar-refractivity contribution in [3.05, 3.63) is 64.2 Å². The molecule has 1 radical (unpaired) electrons. The third kappa shape index (κ3) is 4.30. The largest absolute Gasteiger partial charge is 0.512 e. The van der Waals surface area contributed by atoms with Crippen molar-refractivity contribution in [1.29, 1.82) is 0 Å². The summed E-state index contributed by atoms with van der Waals surface area (Å²) in [6.45, 7) is 0.312. The minimum absolute atomic E-state index is 0. The monoisotopic (exact) mass is 332 g/mol. The zero-order chi connectivity index (χ0) is 13.0. The SMILES string of the molecule is Nc1c[c-]c([N+](=O)[O-])cc1OCc1ccccc1.[Y]. The van der Waals surface area contributed by atoms with E-state index in [1.54, 1.807) is 0 Å². The first-order chi connectivity index (χ1) is 8.66. The summed E-state index contributed by atoms with van der Waals surface area (Å²) >= 11 is 0. The topological polar surface area (TPSA) is 78.4 Å². The van der Waals surface area contributed by atoms with Crippen LogP contribution in [0.15, 0.2) is 42.5 Å². The third-order valence-electron chi connectivity index (χ3n) is 2.36. The predicted molar refractivity (Wildman–Crippen MR) is 67.1 cm³/mol. The number of nitrogens with zero attached hydrogens (tertiary/aromatic N) is 1. The van der Waals surface area contributed by atoms with Gasteiger partial charge in [0.15, 0.2) is 5.69 Å². The van der Waals surface area contributed by atoms with Crippen LogP contribution in [-0.2, 0) is 39.3 Å². The van der Waals surface area contributed by atoms with Crippen LogP contribution in [0.2, 0.25) is 0 Å². The van der Waals surface area contributed by atoms with Crippen molar-refractivity contribution in [2.24, 2.45) is 0 Å². The van der Waals surface area contributed by atoms with Crippen molar-refractivity contribution in [2.75, 3.05) is 5.73 Å². The molecule has 0 amide bonds. The van der Waals surface area contributed by atoms with E-state index in [9.17, 15) is 10.1 Å². The molecular weight excluding hydrogens is 321 g/mol. The molecule has 0 saturated heterocycles. The molecular formula is C13H11N2O3Y-. The number of rotatable bonds is 4. The van der Waals surface area contributed by atoms with Crippen LogP contribution in [0.4, 0.5) is 11.4 Å². The molecule has 0 bridgehead atoms. The fourth-order valence-corrected chi connectivity index (χ4v) is 1.44. The van der Waals surface area contributed by atoms with E-state index < -0.39 is 4.92 Å². The van der Waals surface area contributed by atoms with Crippen LogP contribution in [0.3, 0.4) is 0 Å². The first kappa shape index (κ1) is 15.6. The summed E-state index contributed by atoms with van der Waals surface area (Å²) in [5.41, 5.74) is 6.81. The van der Waals surface area contributed by atoms with Gasteiger partial charge in [-0.25, -0.2) is 0 Å². The molecule has 2 rings (SSSR count). The van der Waals surface area contributed by atoms with Crippen LogP contribution in [0.5, 0.6) is 5.75 Å². The number of nitro groups is 1. The molecule has 0 aliphatic carbocycles. The summed E-state index contributed by atoms with van der Waals surface area (Å²) in [4.78, 5) is 10.1. The molecule has 0 aliphatic rings. The smallest absolute Gasteiger partial charge is 0.166 e. The Morgan fingerprint density at radius 3 is 2.63 bits per heavy atom. The minimum Gasteiger partial charge on any atom is -0.512 e. The van der Waals surface area contributed by atoms with Crippen LogP contribution >= 0.6 is 0 Å². The Labute approximate surface area is 135 Å². The zero-order valence-corrected chi connectivity index (χ0v) is 12.9. The first-order valence-corrected chi connectivity index (χ1v) is 5.29. The van der Waals surface area contributed by atoms with Crippen molar-refractivity contribution >= 4 is 11.4 Å². The van der Waals surface area contributed by atoms with Crippen LogP contribution in [0, 0.1) is 16.2 Å². The van der Waals surface area contributed by atoms with Gasteiger partial charge in [-0.15, -0.1) is 6.07 Å². The molecule has 2 aromatic rings. The molecule has 19 heavy (non-hydrogen) atoms. The molecule has 2 N–H and O–H groups in total. The Morgan fingerprint density at radius 1 is 1.32 bits per heavy atom. The Hall–Kier alpha value is -1.46. The molecule has 0 saturated carbocycles. The number of ether oxygens (including phenoxy) is 1. The molecule has 0 atom stereocenters. The number of hydrogen-bond acceptors (Lipinski definition) is 4. The van der Waals surface area contributed by atoms with Crippen molar-refractivity contribution in [2.45, 2.75) is 6.61 Å². The summed E-state index contributed by atoms with van der Waals surface area (Å²) in [6.07, 6.45) is 0. The van der Waals surface area contributed by atoms with Gasteiger partial charge >= 0.3 is 0 Å². The van der Waals surface area contributed by atoms with Crippen LogP contribution in [-0.4, -0.2) is 4.92 Å². The standard InChI is InChI=1S/C13H11N2O3.Y/c14-12-7-6-11(15(16)17)8-13(12)18-9-10-4-2-1-3-5-10;/h1-5,7-8H,9,14H2;/q-1;. The Bertz CT molecular complexity index is 561. The maximum atomic E-state index is 10.6. The van der Waals surface area contributed by atoms with E-state index >= 15 is 0 Å². The summed E-state index contributed by atoms with van der Waals surface area (Å²) in [7, 11) is 0. The quantitative estimate of drug-likeness (QED) is 0.404. The minimum atomic E-state index is -0.533. The predicted octanol–water partition coefficient (Wildman–Crippen LogP) is 2.55. The molecule has 0 heterocycles. The van der Waals surface area contributed by atoms with Crippen molar-refractivity contribution < 1.29 is 42.4 Å². The molecule has 0 spiro atoms. The van der Waals surface area contributed by atoms with E-state index in [0.717, 1.165) is 5.56 Å². The van der Waals surface area contributed by atoms with E-state index in [-0.39, 0.29) is 38.4 Å². The number of nitrogens with two attached hydrogens (primary N) is 1. The molecule has 95 valence electrons. The number of hydrogen-bond donors (Lipinski definition) is 1. The van der Waals surface area contributed by atoms with E-state index in [0.29, 0.717) is 18.0 Å². The van der Waals surface area contributed by atoms with Gasteiger partial charge in [-0.05, 0) is 11.3 Å². The average Bonchev–Trinajstić information content (AvgIpc) is 2.38. The maximum absolute atomic E-state index is 10.6. The van der Waals surface area contributed by atoms with Gasteiger partial charge in [-0.1, -0.05) is 42.5 Å². The molecule has 5 nitrogen and oxygen atoms in total. The van der Waals surface area contributed by atoms with E-state index in [2.05, 4.69) is 6.07 Å². The van der Waals surface area contributed by atoms with Gasteiger partial charge < -0.3 is 10.5 Å². The summed E-state index contributed by atoms with van der Waals surface area (Å²) in [6, 6.07) is 14.6. The fraction of sp³-hybridized carbons (Fsp3) is 0.0769. The number of nitrogen functional groups attached to an aromatic ring is 1. The van der Waals surface area contributed by atoms with Crippen molar-refractivity contribution in [3.8, 4) is 5.75 Å². The number of nitro benzene ring substituents is 1. The van der Waals surface area contributed by atoms with Crippen LogP contribution < -0.4 is 10.5 Å². The number of anilines is 1. The normalized spacial score (nSPS) is 9.47. The van der Waals surface area contributed by atoms with E-state index in [1.807, 2.05) is 30.3 Å². The number of benzene rings is 2. The van der Waals surface area contributed by atoms with Gasteiger partial charge in [-0.2, -0.15) is 0 Å².